The van der Waals surface area contributed by atoms with Gasteiger partial charge in [0.2, 0.25) is 0 Å². The normalized spacial score (nSPS) is 12.0. The molecule has 0 saturated carbocycles. The van der Waals surface area contributed by atoms with E-state index >= 15 is 0 Å². The standard InChI is InChI=1S/C15H10N2O4/c16-17-6-9-8-5-7(18)1-3-11(8)21-12-4-2-10(19)14(13(9)12)15(17)20/h1-6,18-19H,16H2. The van der Waals surface area contributed by atoms with Crippen LogP contribution in [0.5, 0.6) is 23.0 Å². The van der Waals surface area contributed by atoms with Gasteiger partial charge in [-0.05, 0) is 30.3 Å². The van der Waals surface area contributed by atoms with E-state index in [4.69, 9.17) is 10.6 Å². The second-order valence-electron chi connectivity index (χ2n) is 4.87. The molecule has 0 unspecified atom stereocenters. The SMILES string of the molecule is Nn1cc2c3c(ccc(O)c3c1=O)Oc1ccc(O)cc1-2. The number of aromatic nitrogens is 1. The smallest absolute Gasteiger partial charge is 0.280 e. The number of ether oxygens (including phenoxy) is 1. The second-order valence-corrected chi connectivity index (χ2v) is 4.87. The highest BCUT2D eigenvalue weighted by molar-refractivity contribution is 6.05. The van der Waals surface area contributed by atoms with Crippen molar-refractivity contribution in [3.8, 4) is 34.1 Å². The molecule has 0 aliphatic carbocycles. The Bertz CT molecular complexity index is 976. The van der Waals surface area contributed by atoms with Crippen molar-refractivity contribution in [2.45, 2.75) is 0 Å². The molecule has 4 N–H and O–H groups in total. The number of nitrogens with zero attached hydrogens (tertiary/aromatic N) is 1. The highest BCUT2D eigenvalue weighted by Crippen LogP contribution is 2.47. The zero-order chi connectivity index (χ0) is 14.7. The number of hydrogen-bond acceptors (Lipinski definition) is 5. The Morgan fingerprint density at radius 3 is 2.57 bits per heavy atom. The molecule has 0 bridgehead atoms. The van der Waals surface area contributed by atoms with E-state index in [9.17, 15) is 15.0 Å². The summed E-state index contributed by atoms with van der Waals surface area (Å²) in [6.45, 7) is 0. The summed E-state index contributed by atoms with van der Waals surface area (Å²) in [4.78, 5) is 12.1. The number of pyridine rings is 1. The number of rotatable bonds is 0. The molecule has 4 rings (SSSR count). The monoisotopic (exact) mass is 282 g/mol. The van der Waals surface area contributed by atoms with Crippen molar-refractivity contribution in [2.75, 3.05) is 5.84 Å². The average molecular weight is 282 g/mol. The number of hydrogen-bond donors (Lipinski definition) is 3. The van der Waals surface area contributed by atoms with Crippen LogP contribution in [0, 0.1) is 0 Å². The molecule has 0 fully saturated rings. The molecule has 1 aromatic heterocycles. The summed E-state index contributed by atoms with van der Waals surface area (Å²) in [5.74, 6) is 6.62. The fraction of sp³-hybridized carbons (Fsp3) is 0. The van der Waals surface area contributed by atoms with Crippen molar-refractivity contribution < 1.29 is 14.9 Å². The third kappa shape index (κ3) is 1.44. The van der Waals surface area contributed by atoms with Gasteiger partial charge >= 0.3 is 0 Å². The van der Waals surface area contributed by atoms with Crippen molar-refractivity contribution in [1.82, 2.24) is 4.68 Å². The van der Waals surface area contributed by atoms with Crippen molar-refractivity contribution in [2.24, 2.45) is 0 Å². The van der Waals surface area contributed by atoms with E-state index in [0.717, 1.165) is 4.68 Å². The topological polar surface area (TPSA) is 97.7 Å². The molecule has 2 heterocycles. The van der Waals surface area contributed by atoms with E-state index in [-0.39, 0.29) is 16.9 Å². The van der Waals surface area contributed by atoms with Crippen molar-refractivity contribution >= 4 is 10.8 Å². The average Bonchev–Trinajstić information content (AvgIpc) is 2.46. The minimum absolute atomic E-state index is 0.0730. The molecule has 0 amide bonds. The molecule has 104 valence electrons. The van der Waals surface area contributed by atoms with Crippen molar-refractivity contribution in [1.29, 1.82) is 0 Å². The maximum atomic E-state index is 12.1. The fourth-order valence-corrected chi connectivity index (χ4v) is 2.67. The van der Waals surface area contributed by atoms with Gasteiger partial charge in [-0.15, -0.1) is 0 Å². The zero-order valence-electron chi connectivity index (χ0n) is 10.7. The summed E-state index contributed by atoms with van der Waals surface area (Å²) < 4.78 is 6.66. The van der Waals surface area contributed by atoms with Crippen LogP contribution in [0.1, 0.15) is 0 Å². The van der Waals surface area contributed by atoms with Crippen LogP contribution in [0.15, 0.2) is 41.3 Å². The summed E-state index contributed by atoms with van der Waals surface area (Å²) in [6.07, 6.45) is 1.47. The van der Waals surface area contributed by atoms with Crippen molar-refractivity contribution in [3.05, 3.63) is 46.9 Å². The number of nitrogens with two attached hydrogens (primary N) is 1. The van der Waals surface area contributed by atoms with Crippen LogP contribution in [0.4, 0.5) is 0 Å². The highest BCUT2D eigenvalue weighted by Gasteiger charge is 2.24. The van der Waals surface area contributed by atoms with E-state index in [1.807, 2.05) is 0 Å². The number of nitrogen functional groups attached to an aromatic ring is 1. The predicted octanol–water partition coefficient (Wildman–Crippen LogP) is 1.90. The van der Waals surface area contributed by atoms with Gasteiger partial charge < -0.3 is 20.8 Å². The summed E-state index contributed by atoms with van der Waals surface area (Å²) in [6, 6.07) is 7.67. The van der Waals surface area contributed by atoms with Gasteiger partial charge in [-0.2, -0.15) is 0 Å². The Kier molecular flexibility index (Phi) is 2.05. The van der Waals surface area contributed by atoms with Gasteiger partial charge in [0.15, 0.2) is 0 Å². The van der Waals surface area contributed by atoms with Gasteiger partial charge in [0.25, 0.3) is 5.56 Å². The van der Waals surface area contributed by atoms with Crippen LogP contribution in [0.3, 0.4) is 0 Å². The maximum absolute atomic E-state index is 12.1. The molecular formula is C15H10N2O4. The molecule has 6 heteroatoms. The minimum Gasteiger partial charge on any atom is -0.508 e. The second kappa shape index (κ2) is 3.69. The third-order valence-electron chi connectivity index (χ3n) is 3.60. The van der Waals surface area contributed by atoms with Crippen LogP contribution in [0.2, 0.25) is 0 Å². The minimum atomic E-state index is -0.514. The Labute approximate surface area is 118 Å². The van der Waals surface area contributed by atoms with Gasteiger partial charge in [0.05, 0.1) is 5.39 Å². The number of aromatic hydroxyl groups is 2. The van der Waals surface area contributed by atoms with Gasteiger partial charge in [0.1, 0.15) is 23.0 Å². The molecule has 0 spiro atoms. The molecule has 0 radical (unpaired) electrons. The quantitative estimate of drug-likeness (QED) is 0.428. The fourth-order valence-electron chi connectivity index (χ4n) is 2.67. The van der Waals surface area contributed by atoms with Crippen LogP contribution >= 0.6 is 0 Å². The summed E-state index contributed by atoms with van der Waals surface area (Å²) >= 11 is 0. The number of phenols is 2. The lowest BCUT2D eigenvalue weighted by molar-refractivity contribution is 0.463. The van der Waals surface area contributed by atoms with Crippen LogP contribution in [-0.4, -0.2) is 14.9 Å². The van der Waals surface area contributed by atoms with Crippen molar-refractivity contribution in [3.63, 3.8) is 0 Å². The van der Waals surface area contributed by atoms with Gasteiger partial charge in [-0.3, -0.25) is 4.79 Å². The first-order chi connectivity index (χ1) is 10.1. The number of fused-ring (bicyclic) bond motifs is 2. The molecule has 6 nitrogen and oxygen atoms in total. The van der Waals surface area contributed by atoms with E-state index in [0.29, 0.717) is 28.0 Å². The highest BCUT2D eigenvalue weighted by atomic mass is 16.5. The first-order valence-electron chi connectivity index (χ1n) is 6.24. The summed E-state index contributed by atoms with van der Waals surface area (Å²) in [5, 5.41) is 20.2. The Balaban J connectivity index is 2.26. The van der Waals surface area contributed by atoms with Crippen LogP contribution in [-0.2, 0) is 0 Å². The summed E-state index contributed by atoms with van der Waals surface area (Å²) in [5.41, 5.74) is 0.716. The van der Waals surface area contributed by atoms with Gasteiger partial charge in [-0.25, -0.2) is 4.68 Å². The van der Waals surface area contributed by atoms with Crippen LogP contribution in [0.25, 0.3) is 21.9 Å². The molecule has 0 saturated heterocycles. The number of phenolic OH excluding ortho intramolecular Hbond substituents is 2. The first-order valence-corrected chi connectivity index (χ1v) is 6.24. The number of benzene rings is 2. The Hall–Kier alpha value is -3.15. The molecule has 0 atom stereocenters. The Morgan fingerprint density at radius 1 is 1.00 bits per heavy atom. The van der Waals surface area contributed by atoms with E-state index in [1.54, 1.807) is 12.1 Å². The van der Waals surface area contributed by atoms with E-state index in [1.165, 1.54) is 24.4 Å². The van der Waals surface area contributed by atoms with Gasteiger partial charge in [0, 0.05) is 22.7 Å². The lowest BCUT2D eigenvalue weighted by Crippen LogP contribution is -2.27. The lowest BCUT2D eigenvalue weighted by Gasteiger charge is -2.22. The largest absolute Gasteiger partial charge is 0.508 e. The molecule has 1 aliphatic rings. The zero-order valence-corrected chi connectivity index (χ0v) is 10.7. The van der Waals surface area contributed by atoms with E-state index < -0.39 is 5.56 Å². The maximum Gasteiger partial charge on any atom is 0.280 e. The van der Waals surface area contributed by atoms with E-state index in [2.05, 4.69) is 0 Å². The molecule has 21 heavy (non-hydrogen) atoms. The first kappa shape index (κ1) is 11.7. The summed E-state index contributed by atoms with van der Waals surface area (Å²) in [7, 11) is 0. The predicted molar refractivity (Wildman–Crippen MR) is 77.2 cm³/mol. The van der Waals surface area contributed by atoms with Gasteiger partial charge in [-0.1, -0.05) is 0 Å². The molecule has 1 aliphatic heterocycles. The molecule has 2 aromatic carbocycles. The molecule has 3 aromatic rings. The molecular weight excluding hydrogens is 272 g/mol. The lowest BCUT2D eigenvalue weighted by atomic mass is 9.96. The van der Waals surface area contributed by atoms with Crippen LogP contribution < -0.4 is 16.1 Å². The third-order valence-corrected chi connectivity index (χ3v) is 3.60. The Morgan fingerprint density at radius 2 is 1.76 bits per heavy atom.